The van der Waals surface area contributed by atoms with Gasteiger partial charge in [0, 0.05) is 45.6 Å². The Kier molecular flexibility index (Phi) is 11.6. The first-order valence-corrected chi connectivity index (χ1v) is 8.56. The molecule has 0 amide bonds. The molecule has 2 heterocycles. The van der Waals surface area contributed by atoms with Crippen molar-refractivity contribution >= 4 is 29.9 Å². The van der Waals surface area contributed by atoms with Crippen LogP contribution in [0.3, 0.4) is 0 Å². The molecule has 0 aromatic carbocycles. The monoisotopic (exact) mass is 463 g/mol. The molecule has 1 unspecified atom stereocenters. The summed E-state index contributed by atoms with van der Waals surface area (Å²) in [6, 6.07) is 3.89. The van der Waals surface area contributed by atoms with Crippen molar-refractivity contribution in [2.75, 3.05) is 53.1 Å². The van der Waals surface area contributed by atoms with Gasteiger partial charge in [-0.05, 0) is 18.6 Å². The molecule has 1 aliphatic rings. The Balaban J connectivity index is 0.00000312. The van der Waals surface area contributed by atoms with Crippen LogP contribution in [0.1, 0.15) is 12.2 Å². The van der Waals surface area contributed by atoms with Gasteiger partial charge in [-0.1, -0.05) is 6.08 Å². The standard InChI is InChI=1S/C18H29N3O3.HI/c1-3-8-19-18(20-9-6-17-5-4-11-24-17)21-10-7-16(14-21)15-23-13-12-22-2;/h3-5,11,16H,1,6-10,12-15H2,2H3,(H,19,20);1H. The summed E-state index contributed by atoms with van der Waals surface area (Å²) in [5, 5.41) is 3.35. The lowest BCUT2D eigenvalue weighted by Crippen LogP contribution is -2.40. The molecule has 142 valence electrons. The van der Waals surface area contributed by atoms with Gasteiger partial charge in [0.25, 0.3) is 0 Å². The third-order valence-electron chi connectivity index (χ3n) is 3.98. The van der Waals surface area contributed by atoms with E-state index in [9.17, 15) is 0 Å². The van der Waals surface area contributed by atoms with E-state index in [1.807, 2.05) is 18.2 Å². The van der Waals surface area contributed by atoms with Crippen LogP contribution in [0.25, 0.3) is 0 Å². The maximum Gasteiger partial charge on any atom is 0.194 e. The summed E-state index contributed by atoms with van der Waals surface area (Å²) in [4.78, 5) is 7.03. The van der Waals surface area contributed by atoms with Crippen LogP contribution in [0.2, 0.25) is 0 Å². The molecule has 7 heteroatoms. The number of ether oxygens (including phenoxy) is 2. The molecule has 0 aliphatic carbocycles. The van der Waals surface area contributed by atoms with E-state index in [2.05, 4.69) is 16.8 Å². The molecule has 1 saturated heterocycles. The predicted octanol–water partition coefficient (Wildman–Crippen LogP) is 2.56. The number of nitrogens with zero attached hydrogens (tertiary/aromatic N) is 2. The van der Waals surface area contributed by atoms with E-state index in [1.165, 1.54) is 0 Å². The zero-order valence-corrected chi connectivity index (χ0v) is 17.3. The maximum absolute atomic E-state index is 5.66. The van der Waals surface area contributed by atoms with Gasteiger partial charge in [-0.2, -0.15) is 0 Å². The van der Waals surface area contributed by atoms with E-state index in [-0.39, 0.29) is 24.0 Å². The van der Waals surface area contributed by atoms with Gasteiger partial charge in [-0.25, -0.2) is 0 Å². The molecule has 2 rings (SSSR count). The first kappa shape index (κ1) is 22.0. The molecule has 1 atom stereocenters. The normalized spacial score (nSPS) is 17.4. The quantitative estimate of drug-likeness (QED) is 0.190. The van der Waals surface area contributed by atoms with Crippen LogP contribution in [-0.4, -0.2) is 64.0 Å². The van der Waals surface area contributed by atoms with Crippen molar-refractivity contribution in [1.29, 1.82) is 0 Å². The number of aliphatic imine (C=N–C) groups is 1. The molecule has 1 aliphatic heterocycles. The molecule has 0 bridgehead atoms. The zero-order valence-electron chi connectivity index (χ0n) is 15.0. The number of guanidine groups is 1. The van der Waals surface area contributed by atoms with Crippen molar-refractivity contribution in [3.63, 3.8) is 0 Å². The summed E-state index contributed by atoms with van der Waals surface area (Å²) in [6.45, 7) is 9.25. The Morgan fingerprint density at radius 3 is 3.12 bits per heavy atom. The van der Waals surface area contributed by atoms with E-state index in [0.29, 0.717) is 32.2 Å². The van der Waals surface area contributed by atoms with Crippen LogP contribution in [-0.2, 0) is 15.9 Å². The minimum Gasteiger partial charge on any atom is -0.469 e. The van der Waals surface area contributed by atoms with Gasteiger partial charge in [0.2, 0.25) is 0 Å². The zero-order chi connectivity index (χ0) is 17.0. The summed E-state index contributed by atoms with van der Waals surface area (Å²) >= 11 is 0. The lowest BCUT2D eigenvalue weighted by Gasteiger charge is -2.21. The molecule has 1 aromatic heterocycles. The minimum atomic E-state index is 0. The van der Waals surface area contributed by atoms with Gasteiger partial charge in [0.05, 0.1) is 26.1 Å². The van der Waals surface area contributed by atoms with Crippen molar-refractivity contribution in [3.8, 4) is 0 Å². The fraction of sp³-hybridized carbons (Fsp3) is 0.611. The van der Waals surface area contributed by atoms with Crippen molar-refractivity contribution in [1.82, 2.24) is 10.2 Å². The molecule has 0 spiro atoms. The van der Waals surface area contributed by atoms with Crippen LogP contribution >= 0.6 is 24.0 Å². The van der Waals surface area contributed by atoms with Crippen molar-refractivity contribution in [3.05, 3.63) is 36.8 Å². The average molecular weight is 463 g/mol. The Bertz CT molecular complexity index is 494. The fourth-order valence-corrected chi connectivity index (χ4v) is 2.71. The number of nitrogens with one attached hydrogen (secondary N) is 1. The molecule has 0 radical (unpaired) electrons. The first-order chi connectivity index (χ1) is 11.8. The maximum atomic E-state index is 5.66. The molecule has 1 aromatic rings. The lowest BCUT2D eigenvalue weighted by atomic mass is 10.1. The summed E-state index contributed by atoms with van der Waals surface area (Å²) in [6.07, 6.45) is 5.48. The summed E-state index contributed by atoms with van der Waals surface area (Å²) in [7, 11) is 1.69. The Hall–Kier alpha value is -1.06. The van der Waals surface area contributed by atoms with Gasteiger partial charge in [0.1, 0.15) is 5.76 Å². The van der Waals surface area contributed by atoms with E-state index < -0.39 is 0 Å². The van der Waals surface area contributed by atoms with Gasteiger partial charge < -0.3 is 24.1 Å². The smallest absolute Gasteiger partial charge is 0.194 e. The third-order valence-corrected chi connectivity index (χ3v) is 3.98. The van der Waals surface area contributed by atoms with Crippen molar-refractivity contribution in [2.24, 2.45) is 10.9 Å². The molecular formula is C18H30IN3O3. The number of likely N-dealkylation sites (tertiary alicyclic amines) is 1. The average Bonchev–Trinajstić information content (AvgIpc) is 3.26. The van der Waals surface area contributed by atoms with Crippen LogP contribution in [0.5, 0.6) is 0 Å². The Morgan fingerprint density at radius 2 is 2.40 bits per heavy atom. The second-order valence-corrected chi connectivity index (χ2v) is 5.87. The largest absolute Gasteiger partial charge is 0.469 e. The number of furan rings is 1. The van der Waals surface area contributed by atoms with Gasteiger partial charge in [-0.3, -0.25) is 4.99 Å². The second kappa shape index (κ2) is 13.2. The van der Waals surface area contributed by atoms with Crippen molar-refractivity contribution < 1.29 is 13.9 Å². The summed E-state index contributed by atoms with van der Waals surface area (Å²) < 4.78 is 16.0. The van der Waals surface area contributed by atoms with Crippen LogP contribution in [0, 0.1) is 5.92 Å². The Labute approximate surface area is 167 Å². The molecule has 1 N–H and O–H groups in total. The van der Waals surface area contributed by atoms with Crippen molar-refractivity contribution in [2.45, 2.75) is 12.8 Å². The molecule has 6 nitrogen and oxygen atoms in total. The highest BCUT2D eigenvalue weighted by Crippen LogP contribution is 2.16. The van der Waals surface area contributed by atoms with E-state index in [1.54, 1.807) is 13.4 Å². The van der Waals surface area contributed by atoms with E-state index >= 15 is 0 Å². The van der Waals surface area contributed by atoms with Gasteiger partial charge in [-0.15, -0.1) is 30.6 Å². The van der Waals surface area contributed by atoms with Crippen LogP contribution in [0.4, 0.5) is 0 Å². The highest BCUT2D eigenvalue weighted by molar-refractivity contribution is 14.0. The fourth-order valence-electron chi connectivity index (χ4n) is 2.71. The Morgan fingerprint density at radius 1 is 1.52 bits per heavy atom. The molecular weight excluding hydrogens is 433 g/mol. The van der Waals surface area contributed by atoms with E-state index in [4.69, 9.17) is 18.9 Å². The number of hydrogen-bond donors (Lipinski definition) is 1. The first-order valence-electron chi connectivity index (χ1n) is 8.56. The highest BCUT2D eigenvalue weighted by Gasteiger charge is 2.24. The van der Waals surface area contributed by atoms with Crippen LogP contribution in [0.15, 0.2) is 40.5 Å². The van der Waals surface area contributed by atoms with E-state index in [0.717, 1.165) is 44.3 Å². The summed E-state index contributed by atoms with van der Waals surface area (Å²) in [5.74, 6) is 2.45. The molecule has 1 fully saturated rings. The van der Waals surface area contributed by atoms with Crippen LogP contribution < -0.4 is 5.32 Å². The molecule has 25 heavy (non-hydrogen) atoms. The highest BCUT2D eigenvalue weighted by atomic mass is 127. The number of rotatable bonds is 10. The SMILES string of the molecule is C=CCNC(=NCCc1ccco1)N1CCC(COCCOC)C1.I. The number of methoxy groups -OCH3 is 1. The number of halogens is 1. The minimum absolute atomic E-state index is 0. The summed E-state index contributed by atoms with van der Waals surface area (Å²) in [5.41, 5.74) is 0. The topological polar surface area (TPSA) is 59.2 Å². The predicted molar refractivity (Wildman–Crippen MR) is 111 cm³/mol. The lowest BCUT2D eigenvalue weighted by molar-refractivity contribution is 0.0536. The van der Waals surface area contributed by atoms with Gasteiger partial charge >= 0.3 is 0 Å². The number of hydrogen-bond acceptors (Lipinski definition) is 4. The van der Waals surface area contributed by atoms with Gasteiger partial charge in [0.15, 0.2) is 5.96 Å². The molecule has 0 saturated carbocycles. The second-order valence-electron chi connectivity index (χ2n) is 5.87. The third kappa shape index (κ3) is 8.24.